The predicted molar refractivity (Wildman–Crippen MR) is 44.9 cm³/mol. The van der Waals surface area contributed by atoms with Crippen molar-refractivity contribution >= 4 is 10.9 Å². The van der Waals surface area contributed by atoms with Crippen LogP contribution in [0.3, 0.4) is 0 Å². The van der Waals surface area contributed by atoms with E-state index in [9.17, 15) is 4.79 Å². The molecule has 2 rings (SSSR count). The Hall–Kier alpha value is -1.71. The van der Waals surface area contributed by atoms with Gasteiger partial charge in [-0.15, -0.1) is 0 Å². The average molecular weight is 161 g/mol. The third kappa shape index (κ3) is 1.07. The zero-order valence-electron chi connectivity index (χ0n) is 6.53. The van der Waals surface area contributed by atoms with Crippen LogP contribution in [0.25, 0.3) is 10.9 Å². The molecule has 1 N–H and O–H groups in total. The number of rotatable bonds is 0. The predicted octanol–water partition coefficient (Wildman–Crippen LogP) is 0.627. The molecule has 0 unspecified atom stereocenters. The van der Waals surface area contributed by atoms with E-state index in [4.69, 9.17) is 0 Å². The lowest BCUT2D eigenvalue weighted by Crippen LogP contribution is -2.08. The van der Waals surface area contributed by atoms with Crippen molar-refractivity contribution in [2.45, 2.75) is 6.92 Å². The highest BCUT2D eigenvalue weighted by Crippen LogP contribution is 2.06. The minimum Gasteiger partial charge on any atom is -0.305 e. The molecule has 4 nitrogen and oxygen atoms in total. The van der Waals surface area contributed by atoms with Gasteiger partial charge in [0.05, 0.1) is 5.52 Å². The molecule has 2 heterocycles. The summed E-state index contributed by atoms with van der Waals surface area (Å²) in [6.07, 6.45) is 3.20. The van der Waals surface area contributed by atoms with Crippen molar-refractivity contribution in [2.24, 2.45) is 0 Å². The summed E-state index contributed by atoms with van der Waals surface area (Å²) < 4.78 is 0. The summed E-state index contributed by atoms with van der Waals surface area (Å²) in [4.78, 5) is 21.1. The molecule has 0 saturated heterocycles. The maximum absolute atomic E-state index is 10.8. The summed E-state index contributed by atoms with van der Waals surface area (Å²) in [5.41, 5.74) is 1.33. The smallest absolute Gasteiger partial charge is 0.305 e. The van der Waals surface area contributed by atoms with E-state index < -0.39 is 0 Å². The maximum Gasteiger partial charge on any atom is 0.345 e. The van der Waals surface area contributed by atoms with Gasteiger partial charge in [-0.1, -0.05) is 0 Å². The van der Waals surface area contributed by atoms with Crippen LogP contribution >= 0.6 is 0 Å². The molecule has 2 aromatic heterocycles. The lowest BCUT2D eigenvalue weighted by Gasteiger charge is -1.95. The molecule has 0 aromatic carbocycles. The second-order valence-corrected chi connectivity index (χ2v) is 2.60. The Morgan fingerprint density at radius 3 is 2.92 bits per heavy atom. The first-order chi connectivity index (χ1) is 5.75. The lowest BCUT2D eigenvalue weighted by atomic mass is 10.3. The largest absolute Gasteiger partial charge is 0.345 e. The number of aromatic amines is 1. The number of hydrogen-bond donors (Lipinski definition) is 1. The van der Waals surface area contributed by atoms with Crippen molar-refractivity contribution in [3.05, 3.63) is 34.6 Å². The zero-order valence-corrected chi connectivity index (χ0v) is 6.53. The minimum atomic E-state index is -0.326. The van der Waals surface area contributed by atoms with Crippen LogP contribution in [0.5, 0.6) is 0 Å². The number of H-pyrrole nitrogens is 1. The van der Waals surface area contributed by atoms with Crippen LogP contribution in [0, 0.1) is 6.92 Å². The Labute approximate surface area is 68.3 Å². The Bertz CT molecular complexity index is 475. The quantitative estimate of drug-likeness (QED) is 0.616. The summed E-state index contributed by atoms with van der Waals surface area (Å²) in [5, 5.41) is 0.847. The van der Waals surface area contributed by atoms with Gasteiger partial charge in [0.25, 0.3) is 0 Å². The van der Waals surface area contributed by atoms with Gasteiger partial charge >= 0.3 is 5.69 Å². The Kier molecular flexibility index (Phi) is 1.40. The fourth-order valence-electron chi connectivity index (χ4n) is 1.06. The molecule has 0 atom stereocenters. The van der Waals surface area contributed by atoms with E-state index in [1.165, 1.54) is 6.20 Å². The Morgan fingerprint density at radius 1 is 1.33 bits per heavy atom. The van der Waals surface area contributed by atoms with E-state index in [2.05, 4.69) is 15.0 Å². The first-order valence-electron chi connectivity index (χ1n) is 3.57. The van der Waals surface area contributed by atoms with Crippen molar-refractivity contribution in [2.75, 3.05) is 0 Å². The number of aryl methyl sites for hydroxylation is 1. The first-order valence-corrected chi connectivity index (χ1v) is 3.57. The van der Waals surface area contributed by atoms with Gasteiger partial charge in [0.15, 0.2) is 0 Å². The van der Waals surface area contributed by atoms with Gasteiger partial charge < -0.3 is 4.98 Å². The molecule has 2 aromatic rings. The molecule has 0 spiro atoms. The van der Waals surface area contributed by atoms with Crippen LogP contribution in [-0.2, 0) is 0 Å². The molecule has 12 heavy (non-hydrogen) atoms. The second kappa shape index (κ2) is 2.41. The van der Waals surface area contributed by atoms with E-state index in [0.717, 1.165) is 16.6 Å². The lowest BCUT2D eigenvalue weighted by molar-refractivity contribution is 1.10. The van der Waals surface area contributed by atoms with Crippen molar-refractivity contribution in [3.8, 4) is 0 Å². The van der Waals surface area contributed by atoms with Crippen LogP contribution in [0.2, 0.25) is 0 Å². The molecule has 0 aliphatic heterocycles. The molecule has 4 heteroatoms. The van der Waals surface area contributed by atoms with E-state index in [0.29, 0.717) is 0 Å². The molecule has 60 valence electrons. The van der Waals surface area contributed by atoms with Crippen molar-refractivity contribution in [1.29, 1.82) is 0 Å². The summed E-state index contributed by atoms with van der Waals surface area (Å²) in [6.45, 7) is 1.87. The van der Waals surface area contributed by atoms with Gasteiger partial charge in [0.2, 0.25) is 0 Å². The Morgan fingerprint density at radius 2 is 2.08 bits per heavy atom. The van der Waals surface area contributed by atoms with Gasteiger partial charge in [-0.3, -0.25) is 4.98 Å². The van der Waals surface area contributed by atoms with E-state index in [-0.39, 0.29) is 5.69 Å². The third-order valence-corrected chi connectivity index (χ3v) is 1.63. The SMILES string of the molecule is Cc1cc2[nH]c(=O)ncc2cn1. The number of fused-ring (bicyclic) bond motifs is 1. The van der Waals surface area contributed by atoms with Gasteiger partial charge in [-0.2, -0.15) is 0 Å². The normalized spacial score (nSPS) is 10.4. The zero-order chi connectivity index (χ0) is 8.55. The van der Waals surface area contributed by atoms with Crippen LogP contribution < -0.4 is 5.69 Å². The van der Waals surface area contributed by atoms with Gasteiger partial charge in [0.1, 0.15) is 0 Å². The standard InChI is InChI=1S/C8H7N3O/c1-5-2-7-6(3-9-5)4-10-8(12)11-7/h2-4H,1H3,(H,10,11,12). The summed E-state index contributed by atoms with van der Waals surface area (Å²) >= 11 is 0. The van der Waals surface area contributed by atoms with E-state index >= 15 is 0 Å². The molecule has 0 amide bonds. The summed E-state index contributed by atoms with van der Waals surface area (Å²) in [5.74, 6) is 0. The van der Waals surface area contributed by atoms with E-state index in [1.54, 1.807) is 6.20 Å². The molecule has 0 aliphatic rings. The summed E-state index contributed by atoms with van der Waals surface area (Å²) in [7, 11) is 0. The topological polar surface area (TPSA) is 58.6 Å². The van der Waals surface area contributed by atoms with Crippen LogP contribution in [0.1, 0.15) is 5.69 Å². The van der Waals surface area contributed by atoms with Crippen molar-refractivity contribution < 1.29 is 0 Å². The molecule has 0 bridgehead atoms. The monoisotopic (exact) mass is 161 g/mol. The highest BCUT2D eigenvalue weighted by Gasteiger charge is 1.94. The minimum absolute atomic E-state index is 0.326. The Balaban J connectivity index is 2.89. The van der Waals surface area contributed by atoms with Gasteiger partial charge in [-0.25, -0.2) is 9.78 Å². The third-order valence-electron chi connectivity index (χ3n) is 1.63. The average Bonchev–Trinajstić information content (AvgIpc) is 2.03. The fourth-order valence-corrected chi connectivity index (χ4v) is 1.06. The van der Waals surface area contributed by atoms with Gasteiger partial charge in [-0.05, 0) is 13.0 Å². The number of pyridine rings is 1. The molecular weight excluding hydrogens is 154 g/mol. The van der Waals surface area contributed by atoms with Crippen molar-refractivity contribution in [3.63, 3.8) is 0 Å². The fraction of sp³-hybridized carbons (Fsp3) is 0.125. The van der Waals surface area contributed by atoms with Gasteiger partial charge in [0, 0.05) is 23.5 Å². The maximum atomic E-state index is 10.8. The second-order valence-electron chi connectivity index (χ2n) is 2.60. The van der Waals surface area contributed by atoms with Crippen LogP contribution in [0.4, 0.5) is 0 Å². The molecule has 0 radical (unpaired) electrons. The molecule has 0 aliphatic carbocycles. The number of hydrogen-bond acceptors (Lipinski definition) is 3. The van der Waals surface area contributed by atoms with Crippen molar-refractivity contribution in [1.82, 2.24) is 15.0 Å². The summed E-state index contributed by atoms with van der Waals surface area (Å²) in [6, 6.07) is 1.82. The number of nitrogens with one attached hydrogen (secondary N) is 1. The number of nitrogens with zero attached hydrogens (tertiary/aromatic N) is 2. The highest BCUT2D eigenvalue weighted by atomic mass is 16.1. The highest BCUT2D eigenvalue weighted by molar-refractivity contribution is 5.76. The van der Waals surface area contributed by atoms with Crippen LogP contribution in [0.15, 0.2) is 23.3 Å². The van der Waals surface area contributed by atoms with E-state index in [1.807, 2.05) is 13.0 Å². The molecule has 0 saturated carbocycles. The molecular formula is C8H7N3O. The van der Waals surface area contributed by atoms with Crippen LogP contribution in [-0.4, -0.2) is 15.0 Å². The molecule has 0 fully saturated rings. The number of aromatic nitrogens is 3. The first kappa shape index (κ1) is 6.97.